The van der Waals surface area contributed by atoms with Gasteiger partial charge in [0.25, 0.3) is 5.91 Å². The molecule has 110 valence electrons. The first-order chi connectivity index (χ1) is 10.2. The van der Waals surface area contributed by atoms with Gasteiger partial charge in [0.2, 0.25) is 0 Å². The third kappa shape index (κ3) is 3.82. The molecule has 0 aliphatic carbocycles. The van der Waals surface area contributed by atoms with Crippen LogP contribution >= 0.6 is 15.9 Å². The molecule has 5 heteroatoms. The fourth-order valence-corrected chi connectivity index (χ4v) is 2.28. The van der Waals surface area contributed by atoms with Crippen LogP contribution < -0.4 is 4.74 Å². The summed E-state index contributed by atoms with van der Waals surface area (Å²) in [6.07, 6.45) is 1.59. The van der Waals surface area contributed by atoms with E-state index in [-0.39, 0.29) is 5.91 Å². The van der Waals surface area contributed by atoms with Gasteiger partial charge in [-0.25, -0.2) is 0 Å². The molecule has 1 aromatic heterocycles. The van der Waals surface area contributed by atoms with Gasteiger partial charge < -0.3 is 9.64 Å². The highest BCUT2D eigenvalue weighted by Gasteiger charge is 2.14. The second-order valence-corrected chi connectivity index (χ2v) is 5.24. The van der Waals surface area contributed by atoms with Crippen molar-refractivity contribution < 1.29 is 9.53 Å². The fraction of sp³-hybridized carbons (Fsp3) is 0.250. The lowest BCUT2D eigenvalue weighted by Crippen LogP contribution is -2.31. The number of carbonyl (C=O) groups excluding carboxylic acids is 1. The number of benzene rings is 1. The highest BCUT2D eigenvalue weighted by molar-refractivity contribution is 9.10. The molecular formula is C16H17BrN2O2. The van der Waals surface area contributed by atoms with Gasteiger partial charge in [-0.2, -0.15) is 0 Å². The van der Waals surface area contributed by atoms with Gasteiger partial charge in [-0.05, 0) is 48.0 Å². The summed E-state index contributed by atoms with van der Waals surface area (Å²) in [5.74, 6) is 1.20. The van der Waals surface area contributed by atoms with Gasteiger partial charge in [0.05, 0.1) is 4.47 Å². The highest BCUT2D eigenvalue weighted by atomic mass is 79.9. The molecule has 0 N–H and O–H groups in total. The molecule has 21 heavy (non-hydrogen) atoms. The number of para-hydroxylation sites is 1. The summed E-state index contributed by atoms with van der Waals surface area (Å²) in [5, 5.41) is 0. The summed E-state index contributed by atoms with van der Waals surface area (Å²) in [6, 6.07) is 11.0. The molecule has 0 saturated heterocycles. The summed E-state index contributed by atoms with van der Waals surface area (Å²) in [7, 11) is 0. The third-order valence-corrected chi connectivity index (χ3v) is 3.72. The van der Waals surface area contributed by atoms with Crippen LogP contribution in [-0.2, 0) is 0 Å². The molecule has 0 bridgehead atoms. The Balaban J connectivity index is 2.22. The van der Waals surface area contributed by atoms with Crippen LogP contribution in [0, 0.1) is 0 Å². The monoisotopic (exact) mass is 348 g/mol. The van der Waals surface area contributed by atoms with Crippen molar-refractivity contribution in [2.75, 3.05) is 13.1 Å². The second kappa shape index (κ2) is 7.22. The molecule has 0 atom stereocenters. The van der Waals surface area contributed by atoms with Gasteiger partial charge in [-0.1, -0.05) is 12.1 Å². The zero-order chi connectivity index (χ0) is 15.2. The van der Waals surface area contributed by atoms with Crippen molar-refractivity contribution in [1.82, 2.24) is 9.88 Å². The van der Waals surface area contributed by atoms with Crippen LogP contribution in [0.5, 0.6) is 11.5 Å². The fourth-order valence-electron chi connectivity index (χ4n) is 1.92. The van der Waals surface area contributed by atoms with Crippen molar-refractivity contribution in [2.24, 2.45) is 0 Å². The van der Waals surface area contributed by atoms with E-state index in [0.717, 1.165) is 4.47 Å². The van der Waals surface area contributed by atoms with E-state index in [1.165, 1.54) is 0 Å². The minimum Gasteiger partial charge on any atom is -0.456 e. The molecule has 2 rings (SSSR count). The first-order valence-corrected chi connectivity index (χ1v) is 7.62. The van der Waals surface area contributed by atoms with Crippen molar-refractivity contribution in [1.29, 1.82) is 0 Å². The molecule has 1 heterocycles. The lowest BCUT2D eigenvalue weighted by atomic mass is 10.3. The van der Waals surface area contributed by atoms with Gasteiger partial charge in [0.1, 0.15) is 17.2 Å². The van der Waals surface area contributed by atoms with Crippen molar-refractivity contribution in [3.63, 3.8) is 0 Å². The number of hydrogen-bond donors (Lipinski definition) is 0. The predicted molar refractivity (Wildman–Crippen MR) is 85.7 cm³/mol. The first-order valence-electron chi connectivity index (χ1n) is 6.83. The van der Waals surface area contributed by atoms with E-state index >= 15 is 0 Å². The van der Waals surface area contributed by atoms with Gasteiger partial charge in [-0.3, -0.25) is 9.78 Å². The quantitative estimate of drug-likeness (QED) is 0.816. The number of pyridine rings is 1. The first kappa shape index (κ1) is 15.5. The Morgan fingerprint density at radius 2 is 1.95 bits per heavy atom. The number of halogens is 1. The van der Waals surface area contributed by atoms with E-state index in [1.807, 2.05) is 38.1 Å². The molecule has 1 amide bonds. The van der Waals surface area contributed by atoms with E-state index in [1.54, 1.807) is 23.2 Å². The Bertz CT molecular complexity index is 627. The smallest absolute Gasteiger partial charge is 0.272 e. The van der Waals surface area contributed by atoms with Gasteiger partial charge in [-0.15, -0.1) is 0 Å². The highest BCUT2D eigenvalue weighted by Crippen LogP contribution is 2.29. The van der Waals surface area contributed by atoms with Crippen LogP contribution in [-0.4, -0.2) is 28.9 Å². The van der Waals surface area contributed by atoms with Gasteiger partial charge in [0.15, 0.2) is 0 Å². The second-order valence-electron chi connectivity index (χ2n) is 4.39. The van der Waals surface area contributed by atoms with E-state index < -0.39 is 0 Å². The summed E-state index contributed by atoms with van der Waals surface area (Å²) >= 11 is 3.43. The zero-order valence-corrected chi connectivity index (χ0v) is 13.6. The number of rotatable bonds is 5. The molecule has 0 unspecified atom stereocenters. The summed E-state index contributed by atoms with van der Waals surface area (Å²) in [5.41, 5.74) is 0.392. The molecule has 0 saturated carbocycles. The van der Waals surface area contributed by atoms with Crippen molar-refractivity contribution >= 4 is 21.8 Å². The van der Waals surface area contributed by atoms with Gasteiger partial charge >= 0.3 is 0 Å². The van der Waals surface area contributed by atoms with Crippen LogP contribution in [0.25, 0.3) is 0 Å². The Hall–Kier alpha value is -1.88. The Kier molecular flexibility index (Phi) is 5.33. The molecule has 0 spiro atoms. The minimum atomic E-state index is -0.0856. The molecule has 1 aromatic carbocycles. The van der Waals surface area contributed by atoms with Crippen LogP contribution in [0.15, 0.2) is 47.1 Å². The molecule has 0 radical (unpaired) electrons. The Labute approximate surface area is 132 Å². The Morgan fingerprint density at radius 3 is 2.62 bits per heavy atom. The number of nitrogens with zero attached hydrogens (tertiary/aromatic N) is 2. The summed E-state index contributed by atoms with van der Waals surface area (Å²) < 4.78 is 6.65. The molecular weight excluding hydrogens is 332 g/mol. The number of carbonyl (C=O) groups is 1. The lowest BCUT2D eigenvalue weighted by Gasteiger charge is -2.18. The lowest BCUT2D eigenvalue weighted by molar-refractivity contribution is 0.0767. The predicted octanol–water partition coefficient (Wildman–Crippen LogP) is 4.12. The van der Waals surface area contributed by atoms with E-state index in [9.17, 15) is 4.79 Å². The largest absolute Gasteiger partial charge is 0.456 e. The maximum atomic E-state index is 12.3. The van der Waals surface area contributed by atoms with E-state index in [2.05, 4.69) is 20.9 Å². The van der Waals surface area contributed by atoms with E-state index in [0.29, 0.717) is 30.3 Å². The van der Waals surface area contributed by atoms with Crippen LogP contribution in [0.3, 0.4) is 0 Å². The number of aromatic nitrogens is 1. The molecule has 0 aliphatic rings. The average Bonchev–Trinajstić information content (AvgIpc) is 2.51. The average molecular weight is 349 g/mol. The standard InChI is InChI=1S/C16H17BrN2O2/c1-3-19(4-2)16(20)14-11-12(9-10-18-14)21-15-8-6-5-7-13(15)17/h5-11H,3-4H2,1-2H3. The summed E-state index contributed by atoms with van der Waals surface area (Å²) in [4.78, 5) is 18.1. The topological polar surface area (TPSA) is 42.4 Å². The molecule has 2 aromatic rings. The summed E-state index contributed by atoms with van der Waals surface area (Å²) in [6.45, 7) is 5.21. The normalized spacial score (nSPS) is 10.2. The van der Waals surface area contributed by atoms with Crippen molar-refractivity contribution in [3.8, 4) is 11.5 Å². The minimum absolute atomic E-state index is 0.0856. The van der Waals surface area contributed by atoms with Crippen molar-refractivity contribution in [2.45, 2.75) is 13.8 Å². The van der Waals surface area contributed by atoms with Crippen LogP contribution in [0.2, 0.25) is 0 Å². The third-order valence-electron chi connectivity index (χ3n) is 3.07. The van der Waals surface area contributed by atoms with Crippen molar-refractivity contribution in [3.05, 3.63) is 52.8 Å². The number of ether oxygens (including phenoxy) is 1. The number of amides is 1. The molecule has 0 fully saturated rings. The van der Waals surface area contributed by atoms with E-state index in [4.69, 9.17) is 4.74 Å². The van der Waals surface area contributed by atoms with Gasteiger partial charge in [0, 0.05) is 25.4 Å². The van der Waals surface area contributed by atoms with Crippen LogP contribution in [0.4, 0.5) is 0 Å². The molecule has 0 aliphatic heterocycles. The maximum Gasteiger partial charge on any atom is 0.272 e. The maximum absolute atomic E-state index is 12.3. The number of hydrogen-bond acceptors (Lipinski definition) is 3. The Morgan fingerprint density at radius 1 is 1.24 bits per heavy atom. The molecule has 4 nitrogen and oxygen atoms in total. The van der Waals surface area contributed by atoms with Crippen LogP contribution in [0.1, 0.15) is 24.3 Å². The zero-order valence-electron chi connectivity index (χ0n) is 12.0. The SMILES string of the molecule is CCN(CC)C(=O)c1cc(Oc2ccccc2Br)ccn1.